The number of aromatic nitrogens is 5. The van der Waals surface area contributed by atoms with Gasteiger partial charge >= 0.3 is 0 Å². The zero-order valence-electron chi connectivity index (χ0n) is 15.8. The minimum absolute atomic E-state index is 0.170. The molecule has 28 heavy (non-hydrogen) atoms. The summed E-state index contributed by atoms with van der Waals surface area (Å²) in [7, 11) is 0. The minimum atomic E-state index is -0.500. The second-order valence-corrected chi connectivity index (χ2v) is 7.63. The standard InChI is InChI=1S/C18H22FN7OS/c1-4-11(2)26-15(9-10-21-26)22-17(27)12(3)28-18-24-23-16(25(18)20)13-7-5-6-8-14(13)19/h5-12H,4,20H2,1-3H3,(H,22,27)/t11-,12-/m1/s1. The number of nitrogens with two attached hydrogens (primary N) is 1. The highest BCUT2D eigenvalue weighted by molar-refractivity contribution is 8.00. The third-order valence-electron chi connectivity index (χ3n) is 4.36. The van der Waals surface area contributed by atoms with Gasteiger partial charge in [-0.2, -0.15) is 5.10 Å². The van der Waals surface area contributed by atoms with Crippen molar-refractivity contribution in [2.45, 2.75) is 43.6 Å². The van der Waals surface area contributed by atoms with Crippen LogP contribution in [-0.4, -0.2) is 35.8 Å². The Morgan fingerprint density at radius 1 is 1.29 bits per heavy atom. The molecule has 3 rings (SSSR count). The van der Waals surface area contributed by atoms with Crippen molar-refractivity contribution in [1.29, 1.82) is 0 Å². The lowest BCUT2D eigenvalue weighted by molar-refractivity contribution is -0.115. The fraction of sp³-hybridized carbons (Fsp3) is 0.333. The first-order valence-electron chi connectivity index (χ1n) is 8.88. The Kier molecular flexibility index (Phi) is 5.98. The molecule has 3 N–H and O–H groups in total. The van der Waals surface area contributed by atoms with Gasteiger partial charge in [0.1, 0.15) is 11.6 Å². The second kappa shape index (κ2) is 8.42. The molecule has 0 aliphatic heterocycles. The molecular weight excluding hydrogens is 381 g/mol. The van der Waals surface area contributed by atoms with E-state index in [0.29, 0.717) is 11.0 Å². The molecule has 0 spiro atoms. The number of amides is 1. The maximum absolute atomic E-state index is 14.0. The first-order chi connectivity index (χ1) is 13.4. The molecule has 0 aliphatic carbocycles. The van der Waals surface area contributed by atoms with Crippen LogP contribution in [0.5, 0.6) is 0 Å². The van der Waals surface area contributed by atoms with Crippen LogP contribution in [0, 0.1) is 5.82 Å². The van der Waals surface area contributed by atoms with Crippen LogP contribution in [0.25, 0.3) is 11.4 Å². The van der Waals surface area contributed by atoms with E-state index in [0.717, 1.165) is 18.2 Å². The van der Waals surface area contributed by atoms with E-state index >= 15 is 0 Å². The van der Waals surface area contributed by atoms with E-state index in [2.05, 4.69) is 27.5 Å². The summed E-state index contributed by atoms with van der Waals surface area (Å²) in [5.41, 5.74) is 0.249. The Morgan fingerprint density at radius 3 is 2.75 bits per heavy atom. The zero-order valence-corrected chi connectivity index (χ0v) is 16.7. The average Bonchev–Trinajstić information content (AvgIpc) is 3.29. The van der Waals surface area contributed by atoms with Gasteiger partial charge in [-0.3, -0.25) is 4.79 Å². The first kappa shape index (κ1) is 19.9. The highest BCUT2D eigenvalue weighted by Crippen LogP contribution is 2.27. The van der Waals surface area contributed by atoms with Crippen LogP contribution < -0.4 is 11.2 Å². The number of carbonyl (C=O) groups excluding carboxylic acids is 1. The number of hydrogen-bond donors (Lipinski definition) is 2. The van der Waals surface area contributed by atoms with Crippen molar-refractivity contribution in [3.8, 4) is 11.4 Å². The molecule has 0 saturated heterocycles. The lowest BCUT2D eigenvalue weighted by Crippen LogP contribution is -2.25. The van der Waals surface area contributed by atoms with Crippen molar-refractivity contribution in [2.75, 3.05) is 11.2 Å². The molecule has 1 amide bonds. The van der Waals surface area contributed by atoms with Crippen LogP contribution in [0.1, 0.15) is 33.2 Å². The highest BCUT2D eigenvalue weighted by Gasteiger charge is 2.22. The number of nitrogens with zero attached hydrogens (tertiary/aromatic N) is 5. The molecule has 8 nitrogen and oxygen atoms in total. The molecular formula is C18H22FN7OS. The zero-order chi connectivity index (χ0) is 20.3. The highest BCUT2D eigenvalue weighted by atomic mass is 32.2. The predicted octanol–water partition coefficient (Wildman–Crippen LogP) is 3.08. The van der Waals surface area contributed by atoms with Gasteiger partial charge in [0, 0.05) is 6.07 Å². The Bertz CT molecular complexity index is 971. The molecule has 0 fully saturated rings. The van der Waals surface area contributed by atoms with Gasteiger partial charge in [-0.15, -0.1) is 10.2 Å². The maximum Gasteiger partial charge on any atom is 0.238 e. The van der Waals surface area contributed by atoms with Crippen molar-refractivity contribution < 1.29 is 9.18 Å². The third-order valence-corrected chi connectivity index (χ3v) is 5.42. The Balaban J connectivity index is 1.72. The molecule has 0 unspecified atom stereocenters. The average molecular weight is 403 g/mol. The van der Waals surface area contributed by atoms with Gasteiger partial charge < -0.3 is 11.2 Å². The number of nitrogen functional groups attached to an aromatic ring is 1. The molecule has 1 aromatic carbocycles. The van der Waals surface area contributed by atoms with Crippen LogP contribution in [-0.2, 0) is 4.79 Å². The van der Waals surface area contributed by atoms with E-state index in [4.69, 9.17) is 5.84 Å². The number of halogens is 1. The lowest BCUT2D eigenvalue weighted by Gasteiger charge is -2.16. The normalized spacial score (nSPS) is 13.3. The monoisotopic (exact) mass is 403 g/mol. The quantitative estimate of drug-likeness (QED) is 0.464. The number of thioether (sulfide) groups is 1. The summed E-state index contributed by atoms with van der Waals surface area (Å²) in [4.78, 5) is 12.6. The molecule has 10 heteroatoms. The summed E-state index contributed by atoms with van der Waals surface area (Å²) in [6.45, 7) is 5.82. The van der Waals surface area contributed by atoms with E-state index in [1.54, 1.807) is 42.1 Å². The van der Waals surface area contributed by atoms with Crippen LogP contribution in [0.15, 0.2) is 41.7 Å². The molecule has 148 valence electrons. The van der Waals surface area contributed by atoms with Gasteiger partial charge in [0.05, 0.1) is 23.1 Å². The number of nitrogens with one attached hydrogen (secondary N) is 1. The van der Waals surface area contributed by atoms with Crippen LogP contribution >= 0.6 is 11.8 Å². The Morgan fingerprint density at radius 2 is 2.04 bits per heavy atom. The Labute approximate surface area is 166 Å². The molecule has 0 saturated carbocycles. The van der Waals surface area contributed by atoms with Gasteiger partial charge in [0.2, 0.25) is 11.1 Å². The van der Waals surface area contributed by atoms with Crippen molar-refractivity contribution in [3.63, 3.8) is 0 Å². The van der Waals surface area contributed by atoms with Crippen LogP contribution in [0.3, 0.4) is 0 Å². The minimum Gasteiger partial charge on any atom is -0.335 e. The number of carbonyl (C=O) groups is 1. The van der Waals surface area contributed by atoms with E-state index in [9.17, 15) is 9.18 Å². The summed E-state index contributed by atoms with van der Waals surface area (Å²) in [6.07, 6.45) is 2.54. The smallest absolute Gasteiger partial charge is 0.238 e. The molecule has 0 aliphatic rings. The molecule has 0 bridgehead atoms. The number of rotatable bonds is 7. The summed E-state index contributed by atoms with van der Waals surface area (Å²) in [5, 5.41) is 14.9. The van der Waals surface area contributed by atoms with Crippen molar-refractivity contribution in [3.05, 3.63) is 42.3 Å². The second-order valence-electron chi connectivity index (χ2n) is 6.32. The molecule has 0 radical (unpaired) electrons. The number of hydrogen-bond acceptors (Lipinski definition) is 6. The summed E-state index contributed by atoms with van der Waals surface area (Å²) < 4.78 is 16.9. The van der Waals surface area contributed by atoms with E-state index in [1.165, 1.54) is 10.7 Å². The summed E-state index contributed by atoms with van der Waals surface area (Å²) >= 11 is 1.14. The van der Waals surface area contributed by atoms with Crippen molar-refractivity contribution in [2.24, 2.45) is 0 Å². The molecule has 3 aromatic rings. The largest absolute Gasteiger partial charge is 0.335 e. The molecule has 2 heterocycles. The van der Waals surface area contributed by atoms with Crippen molar-refractivity contribution >= 4 is 23.5 Å². The predicted molar refractivity (Wildman–Crippen MR) is 107 cm³/mol. The maximum atomic E-state index is 14.0. The van der Waals surface area contributed by atoms with E-state index < -0.39 is 11.1 Å². The van der Waals surface area contributed by atoms with E-state index in [-0.39, 0.29) is 23.3 Å². The summed E-state index contributed by atoms with van der Waals surface area (Å²) in [6, 6.07) is 8.10. The topological polar surface area (TPSA) is 104 Å². The summed E-state index contributed by atoms with van der Waals surface area (Å²) in [5.74, 6) is 6.20. The molecule has 2 atom stereocenters. The number of anilines is 1. The van der Waals surface area contributed by atoms with Gasteiger partial charge in [0.15, 0.2) is 5.82 Å². The van der Waals surface area contributed by atoms with Gasteiger partial charge in [-0.05, 0) is 32.4 Å². The fourth-order valence-corrected chi connectivity index (χ4v) is 3.33. The third kappa shape index (κ3) is 4.01. The van der Waals surface area contributed by atoms with Crippen LogP contribution in [0.4, 0.5) is 10.2 Å². The SMILES string of the molecule is CC[C@@H](C)n1nccc1NC(=O)[C@@H](C)Sc1nnc(-c2ccccc2F)n1N. The first-order valence-corrected chi connectivity index (χ1v) is 9.76. The fourth-order valence-electron chi connectivity index (χ4n) is 2.56. The van der Waals surface area contributed by atoms with E-state index in [1.807, 2.05) is 6.92 Å². The Hall–Kier alpha value is -2.88. The van der Waals surface area contributed by atoms with Gasteiger partial charge in [0.25, 0.3) is 0 Å². The lowest BCUT2D eigenvalue weighted by atomic mass is 10.2. The number of benzene rings is 1. The van der Waals surface area contributed by atoms with Gasteiger partial charge in [-0.25, -0.2) is 13.7 Å². The molecule has 2 aromatic heterocycles. The van der Waals surface area contributed by atoms with Crippen LogP contribution in [0.2, 0.25) is 0 Å². The van der Waals surface area contributed by atoms with Gasteiger partial charge in [-0.1, -0.05) is 30.8 Å². The van der Waals surface area contributed by atoms with Crippen molar-refractivity contribution in [1.82, 2.24) is 24.7 Å².